The van der Waals surface area contributed by atoms with Gasteiger partial charge in [0.15, 0.2) is 0 Å². The van der Waals surface area contributed by atoms with Gasteiger partial charge in [-0.05, 0) is 18.8 Å². The van der Waals surface area contributed by atoms with E-state index in [4.69, 9.17) is 10.8 Å². The molecule has 3 nitrogen and oxygen atoms in total. The molecule has 0 bridgehead atoms. The normalized spacial score (nSPS) is 16.9. The third kappa shape index (κ3) is 5.18. The van der Waals surface area contributed by atoms with Crippen LogP contribution in [0.2, 0.25) is 0 Å². The topological polar surface area (TPSA) is 66.5 Å². The average molecular weight is 161 g/mol. The van der Waals surface area contributed by atoms with Crippen LogP contribution in [0.1, 0.15) is 26.7 Å². The summed E-state index contributed by atoms with van der Waals surface area (Å²) in [6, 6.07) is -0.276. The van der Waals surface area contributed by atoms with E-state index in [-0.39, 0.29) is 12.6 Å². The fourth-order valence-corrected chi connectivity index (χ4v) is 0.999. The molecule has 0 aliphatic carbocycles. The molecule has 0 rings (SSSR count). The highest BCUT2D eigenvalue weighted by Crippen LogP contribution is 2.08. The Morgan fingerprint density at radius 2 is 1.91 bits per heavy atom. The summed E-state index contributed by atoms with van der Waals surface area (Å²) in [5.41, 5.74) is 5.57. The Bertz CT molecular complexity index is 96.1. The van der Waals surface area contributed by atoms with Crippen molar-refractivity contribution in [2.75, 3.05) is 6.61 Å². The van der Waals surface area contributed by atoms with E-state index < -0.39 is 6.10 Å². The standard InChI is InChI=1S/C8H19NO2/c1-6(2)5-8(11)7(9)3-4-10/h6-8,10-11H,3-5,9H2,1-2H3/t7?,8-/m1/s1. The van der Waals surface area contributed by atoms with Crippen LogP contribution in [0, 0.1) is 5.92 Å². The van der Waals surface area contributed by atoms with Crippen molar-refractivity contribution < 1.29 is 10.2 Å². The maximum absolute atomic E-state index is 9.38. The second kappa shape index (κ2) is 5.52. The molecule has 0 saturated carbocycles. The first-order valence-corrected chi connectivity index (χ1v) is 4.12. The largest absolute Gasteiger partial charge is 0.396 e. The Morgan fingerprint density at radius 1 is 1.36 bits per heavy atom. The summed E-state index contributed by atoms with van der Waals surface area (Å²) < 4.78 is 0. The fraction of sp³-hybridized carbons (Fsp3) is 1.00. The SMILES string of the molecule is CC(C)C[C@@H](O)C(N)CCO. The van der Waals surface area contributed by atoms with Crippen molar-refractivity contribution in [2.45, 2.75) is 38.8 Å². The Morgan fingerprint density at radius 3 is 2.27 bits per heavy atom. The van der Waals surface area contributed by atoms with Crippen molar-refractivity contribution in [3.63, 3.8) is 0 Å². The van der Waals surface area contributed by atoms with Crippen LogP contribution in [0.15, 0.2) is 0 Å². The van der Waals surface area contributed by atoms with E-state index in [9.17, 15) is 5.11 Å². The second-order valence-corrected chi connectivity index (χ2v) is 3.37. The average Bonchev–Trinajstić information content (AvgIpc) is 1.86. The second-order valence-electron chi connectivity index (χ2n) is 3.37. The molecule has 0 aliphatic rings. The van der Waals surface area contributed by atoms with Crippen LogP contribution in [0.5, 0.6) is 0 Å². The van der Waals surface area contributed by atoms with Gasteiger partial charge in [-0.2, -0.15) is 0 Å². The van der Waals surface area contributed by atoms with Crippen LogP contribution in [0.25, 0.3) is 0 Å². The number of nitrogens with two attached hydrogens (primary N) is 1. The molecule has 0 aromatic rings. The number of aliphatic hydroxyl groups is 2. The summed E-state index contributed by atoms with van der Waals surface area (Å²) in [4.78, 5) is 0. The number of hydrogen-bond donors (Lipinski definition) is 3. The zero-order valence-electron chi connectivity index (χ0n) is 7.33. The van der Waals surface area contributed by atoms with Gasteiger partial charge in [0.2, 0.25) is 0 Å². The van der Waals surface area contributed by atoms with Gasteiger partial charge in [0, 0.05) is 12.6 Å². The van der Waals surface area contributed by atoms with Crippen LogP contribution >= 0.6 is 0 Å². The van der Waals surface area contributed by atoms with Crippen molar-refractivity contribution >= 4 is 0 Å². The molecule has 3 heteroatoms. The molecule has 1 unspecified atom stereocenters. The minimum atomic E-state index is -0.470. The molecular formula is C8H19NO2. The molecule has 11 heavy (non-hydrogen) atoms. The van der Waals surface area contributed by atoms with E-state index in [0.717, 1.165) is 0 Å². The van der Waals surface area contributed by atoms with E-state index in [2.05, 4.69) is 0 Å². The van der Waals surface area contributed by atoms with Gasteiger partial charge in [0.1, 0.15) is 0 Å². The van der Waals surface area contributed by atoms with E-state index in [1.807, 2.05) is 13.8 Å². The molecule has 0 aliphatic heterocycles. The highest BCUT2D eigenvalue weighted by Gasteiger charge is 2.14. The van der Waals surface area contributed by atoms with Gasteiger partial charge in [0.25, 0.3) is 0 Å². The van der Waals surface area contributed by atoms with Gasteiger partial charge in [-0.3, -0.25) is 0 Å². The molecule has 0 amide bonds. The quantitative estimate of drug-likeness (QED) is 0.536. The summed E-state index contributed by atoms with van der Waals surface area (Å²) in [5.74, 6) is 0.453. The highest BCUT2D eigenvalue weighted by molar-refractivity contribution is 4.72. The van der Waals surface area contributed by atoms with Gasteiger partial charge in [-0.15, -0.1) is 0 Å². The van der Waals surface area contributed by atoms with Crippen molar-refractivity contribution in [1.82, 2.24) is 0 Å². The Labute approximate surface area is 68.2 Å². The van der Waals surface area contributed by atoms with Crippen LogP contribution in [0.4, 0.5) is 0 Å². The first-order chi connectivity index (χ1) is 5.07. The van der Waals surface area contributed by atoms with Crippen molar-refractivity contribution in [3.05, 3.63) is 0 Å². The van der Waals surface area contributed by atoms with Crippen LogP contribution in [-0.2, 0) is 0 Å². The molecular weight excluding hydrogens is 142 g/mol. The Hall–Kier alpha value is -0.120. The molecule has 0 aromatic carbocycles. The third-order valence-electron chi connectivity index (χ3n) is 1.67. The van der Waals surface area contributed by atoms with E-state index in [1.54, 1.807) is 0 Å². The first-order valence-electron chi connectivity index (χ1n) is 4.12. The van der Waals surface area contributed by atoms with E-state index >= 15 is 0 Å². The molecule has 4 N–H and O–H groups in total. The molecule has 0 radical (unpaired) electrons. The Balaban J connectivity index is 3.54. The lowest BCUT2D eigenvalue weighted by atomic mass is 9.99. The van der Waals surface area contributed by atoms with E-state index in [1.165, 1.54) is 0 Å². The number of hydrogen-bond acceptors (Lipinski definition) is 3. The molecule has 0 saturated heterocycles. The summed E-state index contributed by atoms with van der Waals surface area (Å²) in [6.07, 6.45) is 0.719. The van der Waals surface area contributed by atoms with Crippen molar-refractivity contribution in [3.8, 4) is 0 Å². The van der Waals surface area contributed by atoms with Gasteiger partial charge in [-0.25, -0.2) is 0 Å². The molecule has 0 aromatic heterocycles. The van der Waals surface area contributed by atoms with Crippen LogP contribution in [0.3, 0.4) is 0 Å². The summed E-state index contributed by atoms with van der Waals surface area (Å²) in [7, 11) is 0. The highest BCUT2D eigenvalue weighted by atomic mass is 16.3. The molecule has 0 fully saturated rings. The van der Waals surface area contributed by atoms with Gasteiger partial charge in [-0.1, -0.05) is 13.8 Å². The molecule has 0 spiro atoms. The molecule has 2 atom stereocenters. The molecule has 68 valence electrons. The zero-order valence-corrected chi connectivity index (χ0v) is 7.33. The van der Waals surface area contributed by atoms with Crippen molar-refractivity contribution in [2.24, 2.45) is 11.7 Å². The maximum atomic E-state index is 9.38. The molecule has 0 heterocycles. The van der Waals surface area contributed by atoms with E-state index in [0.29, 0.717) is 18.8 Å². The lowest BCUT2D eigenvalue weighted by molar-refractivity contribution is 0.107. The predicted octanol–water partition coefficient (Wildman–Crippen LogP) is 0.103. The summed E-state index contributed by atoms with van der Waals surface area (Å²) in [5, 5.41) is 17.9. The smallest absolute Gasteiger partial charge is 0.0694 e. The first kappa shape index (κ1) is 10.9. The lowest BCUT2D eigenvalue weighted by Gasteiger charge is -2.19. The Kier molecular flexibility index (Phi) is 5.46. The minimum absolute atomic E-state index is 0.0519. The lowest BCUT2D eigenvalue weighted by Crippen LogP contribution is -2.36. The number of rotatable bonds is 5. The maximum Gasteiger partial charge on any atom is 0.0694 e. The van der Waals surface area contributed by atoms with Crippen LogP contribution in [-0.4, -0.2) is 29.0 Å². The van der Waals surface area contributed by atoms with Gasteiger partial charge in [0.05, 0.1) is 6.10 Å². The fourth-order valence-electron chi connectivity index (χ4n) is 0.999. The van der Waals surface area contributed by atoms with Gasteiger partial charge >= 0.3 is 0 Å². The zero-order chi connectivity index (χ0) is 8.85. The predicted molar refractivity (Wildman–Crippen MR) is 45.1 cm³/mol. The van der Waals surface area contributed by atoms with Crippen molar-refractivity contribution in [1.29, 1.82) is 0 Å². The summed E-state index contributed by atoms with van der Waals surface area (Å²) >= 11 is 0. The van der Waals surface area contributed by atoms with Crippen LogP contribution < -0.4 is 5.73 Å². The third-order valence-corrected chi connectivity index (χ3v) is 1.67. The monoisotopic (exact) mass is 161 g/mol. The minimum Gasteiger partial charge on any atom is -0.396 e. The summed E-state index contributed by atoms with van der Waals surface area (Å²) in [6.45, 7) is 4.13. The van der Waals surface area contributed by atoms with Gasteiger partial charge < -0.3 is 15.9 Å². The number of aliphatic hydroxyl groups excluding tert-OH is 2.